The molecule has 0 saturated carbocycles. The highest BCUT2D eigenvalue weighted by Gasteiger charge is 2.07. The van der Waals surface area contributed by atoms with Crippen LogP contribution in [0.2, 0.25) is 0 Å². The predicted octanol–water partition coefficient (Wildman–Crippen LogP) is 0.551. The largest absolute Gasteiger partial charge is 0.368 e. The van der Waals surface area contributed by atoms with Crippen molar-refractivity contribution in [1.82, 2.24) is 19.9 Å². The van der Waals surface area contributed by atoms with Crippen LogP contribution in [0.25, 0.3) is 0 Å². The molecule has 100 valence electrons. The summed E-state index contributed by atoms with van der Waals surface area (Å²) in [5, 5.41) is 0. The number of rotatable bonds is 4. The van der Waals surface area contributed by atoms with Crippen molar-refractivity contribution in [3.63, 3.8) is 0 Å². The number of aromatic nitrogens is 4. The molecule has 0 saturated heterocycles. The highest BCUT2D eigenvalue weighted by molar-refractivity contribution is 5.49. The van der Waals surface area contributed by atoms with Crippen molar-refractivity contribution in [1.29, 1.82) is 0 Å². The Balaban J connectivity index is 2.13. The lowest BCUT2D eigenvalue weighted by Crippen LogP contribution is -2.19. The molecule has 19 heavy (non-hydrogen) atoms. The van der Waals surface area contributed by atoms with E-state index < -0.39 is 0 Å². The van der Waals surface area contributed by atoms with Gasteiger partial charge in [-0.25, -0.2) is 19.9 Å². The van der Waals surface area contributed by atoms with Crippen LogP contribution < -0.4 is 15.5 Å². The van der Waals surface area contributed by atoms with Crippen molar-refractivity contribution >= 4 is 17.6 Å². The second-order valence-electron chi connectivity index (χ2n) is 4.43. The summed E-state index contributed by atoms with van der Waals surface area (Å²) in [7, 11) is 5.85. The molecule has 0 spiro atoms. The van der Waals surface area contributed by atoms with Gasteiger partial charge in [0, 0.05) is 51.7 Å². The van der Waals surface area contributed by atoms with Gasteiger partial charge < -0.3 is 15.5 Å². The van der Waals surface area contributed by atoms with E-state index in [1.54, 1.807) is 18.7 Å². The van der Waals surface area contributed by atoms with Crippen molar-refractivity contribution in [2.24, 2.45) is 0 Å². The first kappa shape index (κ1) is 13.0. The maximum absolute atomic E-state index is 5.46. The Hall–Kier alpha value is -2.44. The average Bonchev–Trinajstić information content (AvgIpc) is 2.41. The molecule has 0 aliphatic carbocycles. The van der Waals surface area contributed by atoms with Gasteiger partial charge in [-0.3, -0.25) is 0 Å². The third-order valence-electron chi connectivity index (χ3n) is 2.63. The second kappa shape index (κ2) is 5.47. The molecule has 0 amide bonds. The number of nitrogens with zero attached hydrogens (tertiary/aromatic N) is 6. The fourth-order valence-corrected chi connectivity index (χ4v) is 1.59. The number of hydrogen-bond donors (Lipinski definition) is 1. The Kier molecular flexibility index (Phi) is 3.74. The highest BCUT2D eigenvalue weighted by Crippen LogP contribution is 2.16. The standard InChI is InChI=1S/C12H17N7/c1-18(2)10-4-11(17-8-16-10)19(3)7-9-5-14-12(13)15-6-9/h4-6,8H,7H2,1-3H3,(H2,13,14,15). The number of nitrogens with two attached hydrogens (primary N) is 1. The van der Waals surface area contributed by atoms with Crippen LogP contribution in [-0.2, 0) is 6.54 Å². The van der Waals surface area contributed by atoms with Crippen LogP contribution >= 0.6 is 0 Å². The van der Waals surface area contributed by atoms with Gasteiger partial charge in [-0.15, -0.1) is 0 Å². The molecule has 0 radical (unpaired) electrons. The lowest BCUT2D eigenvalue weighted by atomic mass is 10.3. The van der Waals surface area contributed by atoms with E-state index in [1.807, 2.05) is 37.0 Å². The zero-order chi connectivity index (χ0) is 13.8. The minimum Gasteiger partial charge on any atom is -0.368 e. The molecule has 0 unspecified atom stereocenters. The van der Waals surface area contributed by atoms with E-state index in [9.17, 15) is 0 Å². The zero-order valence-corrected chi connectivity index (χ0v) is 11.3. The van der Waals surface area contributed by atoms with E-state index in [1.165, 1.54) is 0 Å². The molecule has 0 aliphatic heterocycles. The lowest BCUT2D eigenvalue weighted by molar-refractivity contribution is 0.874. The monoisotopic (exact) mass is 259 g/mol. The Labute approximate surface area is 112 Å². The molecule has 0 atom stereocenters. The van der Waals surface area contributed by atoms with E-state index >= 15 is 0 Å². The van der Waals surface area contributed by atoms with Gasteiger partial charge in [0.25, 0.3) is 0 Å². The van der Waals surface area contributed by atoms with Gasteiger partial charge in [0.05, 0.1) is 0 Å². The number of anilines is 3. The van der Waals surface area contributed by atoms with Crippen molar-refractivity contribution in [2.75, 3.05) is 36.7 Å². The lowest BCUT2D eigenvalue weighted by Gasteiger charge is -2.19. The van der Waals surface area contributed by atoms with E-state index in [2.05, 4.69) is 19.9 Å². The summed E-state index contributed by atoms with van der Waals surface area (Å²) >= 11 is 0. The molecule has 7 nitrogen and oxygen atoms in total. The first-order valence-electron chi connectivity index (χ1n) is 5.83. The Morgan fingerprint density at radius 1 is 1.00 bits per heavy atom. The topological polar surface area (TPSA) is 84.1 Å². The summed E-state index contributed by atoms with van der Waals surface area (Å²) in [5.41, 5.74) is 6.43. The van der Waals surface area contributed by atoms with Crippen LogP contribution in [0.4, 0.5) is 17.6 Å². The molecule has 0 aliphatic rings. The second-order valence-corrected chi connectivity index (χ2v) is 4.43. The van der Waals surface area contributed by atoms with Gasteiger partial charge >= 0.3 is 0 Å². The third-order valence-corrected chi connectivity index (χ3v) is 2.63. The SMILES string of the molecule is CN(C)c1cc(N(C)Cc2cnc(N)nc2)ncn1. The van der Waals surface area contributed by atoms with Gasteiger partial charge in [-0.1, -0.05) is 0 Å². The van der Waals surface area contributed by atoms with Crippen molar-refractivity contribution in [3.05, 3.63) is 30.4 Å². The van der Waals surface area contributed by atoms with Crippen LogP contribution in [0.5, 0.6) is 0 Å². The first-order chi connectivity index (χ1) is 9.06. The van der Waals surface area contributed by atoms with Crippen molar-refractivity contribution in [2.45, 2.75) is 6.54 Å². The van der Waals surface area contributed by atoms with Crippen LogP contribution in [0, 0.1) is 0 Å². The van der Waals surface area contributed by atoms with E-state index in [0.29, 0.717) is 6.54 Å². The summed E-state index contributed by atoms with van der Waals surface area (Å²) in [6.07, 6.45) is 4.99. The van der Waals surface area contributed by atoms with Gasteiger partial charge in [-0.2, -0.15) is 0 Å². The highest BCUT2D eigenvalue weighted by atomic mass is 15.2. The Bertz CT molecular complexity index is 538. The summed E-state index contributed by atoms with van der Waals surface area (Å²) in [4.78, 5) is 20.3. The normalized spacial score (nSPS) is 10.3. The minimum atomic E-state index is 0.281. The molecule has 2 heterocycles. The zero-order valence-electron chi connectivity index (χ0n) is 11.3. The third kappa shape index (κ3) is 3.27. The maximum Gasteiger partial charge on any atom is 0.219 e. The van der Waals surface area contributed by atoms with Crippen LogP contribution in [0.15, 0.2) is 24.8 Å². The quantitative estimate of drug-likeness (QED) is 0.858. The van der Waals surface area contributed by atoms with Gasteiger partial charge in [0.1, 0.15) is 18.0 Å². The molecule has 2 N–H and O–H groups in total. The molecule has 7 heteroatoms. The van der Waals surface area contributed by atoms with Crippen LogP contribution in [0.3, 0.4) is 0 Å². The first-order valence-corrected chi connectivity index (χ1v) is 5.83. The summed E-state index contributed by atoms with van der Waals surface area (Å²) in [5.74, 6) is 1.99. The van der Waals surface area contributed by atoms with E-state index in [-0.39, 0.29) is 5.95 Å². The summed E-state index contributed by atoms with van der Waals surface area (Å²) < 4.78 is 0. The van der Waals surface area contributed by atoms with Gasteiger partial charge in [0.2, 0.25) is 5.95 Å². The number of nitrogen functional groups attached to an aromatic ring is 1. The van der Waals surface area contributed by atoms with Crippen molar-refractivity contribution in [3.8, 4) is 0 Å². The van der Waals surface area contributed by atoms with E-state index in [0.717, 1.165) is 17.2 Å². The van der Waals surface area contributed by atoms with Crippen LogP contribution in [0.1, 0.15) is 5.56 Å². The predicted molar refractivity (Wildman–Crippen MR) is 74.9 cm³/mol. The molecular weight excluding hydrogens is 242 g/mol. The fourth-order valence-electron chi connectivity index (χ4n) is 1.59. The molecule has 0 fully saturated rings. The molecule has 2 aromatic rings. The molecular formula is C12H17N7. The smallest absolute Gasteiger partial charge is 0.219 e. The molecule has 0 bridgehead atoms. The molecule has 2 rings (SSSR count). The van der Waals surface area contributed by atoms with E-state index in [4.69, 9.17) is 5.73 Å². The summed E-state index contributed by atoms with van der Waals surface area (Å²) in [6, 6.07) is 1.93. The molecule has 0 aromatic carbocycles. The molecule has 2 aromatic heterocycles. The van der Waals surface area contributed by atoms with Gasteiger partial charge in [0.15, 0.2) is 0 Å². The maximum atomic E-state index is 5.46. The average molecular weight is 259 g/mol. The fraction of sp³-hybridized carbons (Fsp3) is 0.333. The van der Waals surface area contributed by atoms with Crippen molar-refractivity contribution < 1.29 is 0 Å². The van der Waals surface area contributed by atoms with Gasteiger partial charge in [-0.05, 0) is 0 Å². The minimum absolute atomic E-state index is 0.281. The summed E-state index contributed by atoms with van der Waals surface area (Å²) in [6.45, 7) is 0.657. The number of hydrogen-bond acceptors (Lipinski definition) is 7. The Morgan fingerprint density at radius 2 is 1.63 bits per heavy atom. The van der Waals surface area contributed by atoms with Crippen LogP contribution in [-0.4, -0.2) is 41.1 Å². The Morgan fingerprint density at radius 3 is 2.26 bits per heavy atom.